The van der Waals surface area contributed by atoms with Gasteiger partial charge < -0.3 is 14.7 Å². The quantitative estimate of drug-likeness (QED) is 0.855. The van der Waals surface area contributed by atoms with Gasteiger partial charge in [-0.15, -0.1) is 0 Å². The second-order valence-electron chi connectivity index (χ2n) is 6.23. The van der Waals surface area contributed by atoms with Crippen LogP contribution in [-0.4, -0.2) is 66.2 Å². The molecule has 3 rings (SSSR count). The second kappa shape index (κ2) is 7.38. The number of morpholine rings is 1. The van der Waals surface area contributed by atoms with Crippen molar-refractivity contribution >= 4 is 5.91 Å². The van der Waals surface area contributed by atoms with E-state index in [2.05, 4.69) is 4.90 Å². The Kier molecular flexibility index (Phi) is 5.25. The van der Waals surface area contributed by atoms with E-state index in [4.69, 9.17) is 4.74 Å². The van der Waals surface area contributed by atoms with Gasteiger partial charge in [-0.1, -0.05) is 12.1 Å². The molecule has 1 atom stereocenters. The van der Waals surface area contributed by atoms with Crippen molar-refractivity contribution in [3.05, 3.63) is 35.6 Å². The lowest BCUT2D eigenvalue weighted by molar-refractivity contribution is -0.135. The molecule has 126 valence electrons. The maximum absolute atomic E-state index is 13.0. The summed E-state index contributed by atoms with van der Waals surface area (Å²) in [4.78, 5) is 16.5. The number of aliphatic hydroxyl groups is 1. The zero-order chi connectivity index (χ0) is 16.2. The highest BCUT2D eigenvalue weighted by Gasteiger charge is 2.34. The predicted octanol–water partition coefficient (Wildman–Crippen LogP) is 1.18. The molecule has 0 spiro atoms. The fourth-order valence-electron chi connectivity index (χ4n) is 2.86. The topological polar surface area (TPSA) is 53.0 Å². The molecule has 1 saturated heterocycles. The van der Waals surface area contributed by atoms with Crippen LogP contribution in [0.2, 0.25) is 0 Å². The number of benzene rings is 1. The Labute approximate surface area is 135 Å². The van der Waals surface area contributed by atoms with Crippen LogP contribution in [0.5, 0.6) is 0 Å². The molecular weight excluding hydrogens is 299 g/mol. The van der Waals surface area contributed by atoms with Gasteiger partial charge in [-0.05, 0) is 30.5 Å². The van der Waals surface area contributed by atoms with Crippen molar-refractivity contribution in [3.63, 3.8) is 0 Å². The molecule has 5 nitrogen and oxygen atoms in total. The molecule has 6 heteroatoms. The molecule has 1 aliphatic heterocycles. The molecule has 0 unspecified atom stereocenters. The first kappa shape index (κ1) is 16.4. The highest BCUT2D eigenvalue weighted by molar-refractivity contribution is 5.79. The molecule has 1 amide bonds. The minimum Gasteiger partial charge on any atom is -0.387 e. The van der Waals surface area contributed by atoms with Crippen molar-refractivity contribution in [2.45, 2.75) is 25.0 Å². The Hall–Kier alpha value is -1.50. The van der Waals surface area contributed by atoms with Crippen LogP contribution >= 0.6 is 0 Å². The van der Waals surface area contributed by atoms with E-state index < -0.39 is 6.10 Å². The molecule has 1 saturated carbocycles. The van der Waals surface area contributed by atoms with Gasteiger partial charge in [-0.3, -0.25) is 9.69 Å². The molecule has 0 radical (unpaired) electrons. The van der Waals surface area contributed by atoms with Crippen LogP contribution in [0.15, 0.2) is 24.3 Å². The van der Waals surface area contributed by atoms with Gasteiger partial charge in [0.2, 0.25) is 5.91 Å². The summed E-state index contributed by atoms with van der Waals surface area (Å²) in [5.74, 6) is -0.279. The van der Waals surface area contributed by atoms with Gasteiger partial charge in [0.25, 0.3) is 0 Å². The second-order valence-corrected chi connectivity index (χ2v) is 6.23. The summed E-state index contributed by atoms with van der Waals surface area (Å²) in [7, 11) is 0. The van der Waals surface area contributed by atoms with Crippen LogP contribution in [0.25, 0.3) is 0 Å². The van der Waals surface area contributed by atoms with E-state index in [1.54, 1.807) is 17.0 Å². The highest BCUT2D eigenvalue weighted by atomic mass is 19.1. The van der Waals surface area contributed by atoms with Crippen LogP contribution in [-0.2, 0) is 9.53 Å². The van der Waals surface area contributed by atoms with E-state index in [1.165, 1.54) is 12.1 Å². The van der Waals surface area contributed by atoms with Crippen molar-refractivity contribution in [2.24, 2.45) is 0 Å². The summed E-state index contributed by atoms with van der Waals surface area (Å²) in [6, 6.07) is 6.03. The van der Waals surface area contributed by atoms with E-state index >= 15 is 0 Å². The van der Waals surface area contributed by atoms with Gasteiger partial charge in [-0.2, -0.15) is 0 Å². The van der Waals surface area contributed by atoms with Crippen LogP contribution < -0.4 is 0 Å². The summed E-state index contributed by atoms with van der Waals surface area (Å²) in [6.07, 6.45) is 1.19. The van der Waals surface area contributed by atoms with Gasteiger partial charge >= 0.3 is 0 Å². The monoisotopic (exact) mass is 322 g/mol. The smallest absolute Gasteiger partial charge is 0.237 e. The lowest BCUT2D eigenvalue weighted by Crippen LogP contribution is -2.46. The van der Waals surface area contributed by atoms with E-state index in [0.29, 0.717) is 25.3 Å². The molecule has 1 aromatic carbocycles. The van der Waals surface area contributed by atoms with Gasteiger partial charge in [0, 0.05) is 19.1 Å². The maximum atomic E-state index is 13.0. The molecule has 1 aromatic rings. The molecule has 1 heterocycles. The molecule has 23 heavy (non-hydrogen) atoms. The SMILES string of the molecule is O=C(CN1CCOCC1)N(C[C@H](O)c1ccc(F)cc1)C1CC1. The first-order chi connectivity index (χ1) is 11.1. The first-order valence-electron chi connectivity index (χ1n) is 8.16. The van der Waals surface area contributed by atoms with E-state index in [-0.39, 0.29) is 24.3 Å². The van der Waals surface area contributed by atoms with Crippen molar-refractivity contribution in [2.75, 3.05) is 39.4 Å². The summed E-state index contributed by atoms with van der Waals surface area (Å²) in [6.45, 7) is 3.49. The van der Waals surface area contributed by atoms with Crippen molar-refractivity contribution < 1.29 is 19.0 Å². The number of hydrogen-bond donors (Lipinski definition) is 1. The number of hydrogen-bond acceptors (Lipinski definition) is 4. The Morgan fingerprint density at radius 3 is 2.57 bits per heavy atom. The van der Waals surface area contributed by atoms with E-state index in [9.17, 15) is 14.3 Å². The maximum Gasteiger partial charge on any atom is 0.237 e. The number of carbonyl (C=O) groups is 1. The van der Waals surface area contributed by atoms with Crippen LogP contribution in [0.3, 0.4) is 0 Å². The third-order valence-corrected chi connectivity index (χ3v) is 4.39. The lowest BCUT2D eigenvalue weighted by Gasteiger charge is -2.30. The Morgan fingerprint density at radius 1 is 1.30 bits per heavy atom. The molecule has 2 fully saturated rings. The molecule has 2 aliphatic rings. The largest absolute Gasteiger partial charge is 0.387 e. The molecule has 1 N–H and O–H groups in total. The van der Waals surface area contributed by atoms with Crippen molar-refractivity contribution in [1.82, 2.24) is 9.80 Å². The van der Waals surface area contributed by atoms with Gasteiger partial charge in [0.1, 0.15) is 5.82 Å². The Balaban J connectivity index is 1.59. The van der Waals surface area contributed by atoms with Crippen LogP contribution in [0.1, 0.15) is 24.5 Å². The molecular formula is C17H23FN2O3. The summed E-state index contributed by atoms with van der Waals surface area (Å²) in [5.41, 5.74) is 0.635. The lowest BCUT2D eigenvalue weighted by atomic mass is 10.1. The third kappa shape index (κ3) is 4.50. The first-order valence-corrected chi connectivity index (χ1v) is 8.16. The van der Waals surface area contributed by atoms with Gasteiger partial charge in [0.15, 0.2) is 0 Å². The number of carbonyl (C=O) groups excluding carboxylic acids is 1. The van der Waals surface area contributed by atoms with Crippen LogP contribution in [0.4, 0.5) is 4.39 Å². The average molecular weight is 322 g/mol. The number of amides is 1. The number of rotatable bonds is 6. The van der Waals surface area contributed by atoms with E-state index in [1.807, 2.05) is 0 Å². The minimum atomic E-state index is -0.787. The molecule has 0 aromatic heterocycles. The molecule has 1 aliphatic carbocycles. The van der Waals surface area contributed by atoms with Crippen LogP contribution in [0, 0.1) is 5.82 Å². The normalized spacial score (nSPS) is 20.3. The number of halogens is 1. The summed E-state index contributed by atoms with van der Waals surface area (Å²) < 4.78 is 18.3. The average Bonchev–Trinajstić information content (AvgIpc) is 3.38. The molecule has 0 bridgehead atoms. The van der Waals surface area contributed by atoms with E-state index in [0.717, 1.165) is 25.9 Å². The summed E-state index contributed by atoms with van der Waals surface area (Å²) >= 11 is 0. The third-order valence-electron chi connectivity index (χ3n) is 4.39. The zero-order valence-electron chi connectivity index (χ0n) is 13.2. The number of aliphatic hydroxyl groups excluding tert-OH is 1. The predicted molar refractivity (Wildman–Crippen MR) is 83.4 cm³/mol. The number of ether oxygens (including phenoxy) is 1. The van der Waals surface area contributed by atoms with Gasteiger partial charge in [0.05, 0.1) is 32.4 Å². The Bertz CT molecular complexity index is 527. The van der Waals surface area contributed by atoms with Crippen molar-refractivity contribution in [1.29, 1.82) is 0 Å². The fourth-order valence-corrected chi connectivity index (χ4v) is 2.86. The summed E-state index contributed by atoms with van der Waals surface area (Å²) in [5, 5.41) is 10.4. The highest BCUT2D eigenvalue weighted by Crippen LogP contribution is 2.29. The Morgan fingerprint density at radius 2 is 1.96 bits per heavy atom. The van der Waals surface area contributed by atoms with Crippen molar-refractivity contribution in [3.8, 4) is 0 Å². The standard InChI is InChI=1S/C17H23FN2O3/c18-14-3-1-13(2-4-14)16(21)11-20(15-5-6-15)17(22)12-19-7-9-23-10-8-19/h1-4,15-16,21H,5-12H2/t16-/m0/s1. The fraction of sp³-hybridized carbons (Fsp3) is 0.588. The minimum absolute atomic E-state index is 0.0514. The zero-order valence-corrected chi connectivity index (χ0v) is 13.2. The number of nitrogens with zero attached hydrogens (tertiary/aromatic N) is 2. The van der Waals surface area contributed by atoms with Gasteiger partial charge in [-0.25, -0.2) is 4.39 Å².